The molecular weight excluding hydrogens is 554 g/mol. The van der Waals surface area contributed by atoms with Crippen molar-refractivity contribution < 1.29 is 29.0 Å². The van der Waals surface area contributed by atoms with Gasteiger partial charge in [0.15, 0.2) is 5.96 Å². The molecule has 0 bridgehead atoms. The van der Waals surface area contributed by atoms with E-state index in [2.05, 4.69) is 15.6 Å². The van der Waals surface area contributed by atoms with Crippen molar-refractivity contribution in [2.45, 2.75) is 57.7 Å². The molecule has 0 aliphatic rings. The summed E-state index contributed by atoms with van der Waals surface area (Å²) < 4.78 is 5.01. The van der Waals surface area contributed by atoms with Crippen LogP contribution in [0.25, 0.3) is 0 Å². The van der Waals surface area contributed by atoms with Crippen molar-refractivity contribution in [3.05, 3.63) is 65.7 Å². The number of amides is 3. The zero-order chi connectivity index (χ0) is 31.8. The topological polar surface area (TPSA) is 215 Å². The number of ether oxygens (including phenoxy) is 1. The molecule has 0 fully saturated rings. The molecule has 43 heavy (non-hydrogen) atoms. The van der Waals surface area contributed by atoms with Crippen LogP contribution in [0.1, 0.15) is 37.8 Å². The standard InChI is InChI=1S/C30H43N7O6/c1-3-37(19-26(39)43-4-2)29(42)25(18-20-9-6-5-7-10-20)36-28(41)24(11-8-16-34-30(32)33)35-27(40)23(31)17-21-12-14-22(38)15-13-21/h5-7,9-10,12-15,23-25,38H,3-4,8,11,16-19,31H2,1-2H3,(H,35,40)(H,36,41)(H4,32,33,34)/t23-,24-,25-/m0/s1. The highest BCUT2D eigenvalue weighted by Gasteiger charge is 2.31. The Bertz CT molecular complexity index is 1220. The Morgan fingerprint density at radius 2 is 1.53 bits per heavy atom. The molecule has 0 heterocycles. The fourth-order valence-electron chi connectivity index (χ4n) is 4.28. The molecule has 3 amide bonds. The number of carbonyl (C=O) groups is 4. The van der Waals surface area contributed by atoms with Crippen molar-refractivity contribution in [2.75, 3.05) is 26.2 Å². The van der Waals surface area contributed by atoms with E-state index < -0.39 is 41.8 Å². The summed E-state index contributed by atoms with van der Waals surface area (Å²) in [6.45, 7) is 3.73. The molecule has 0 saturated heterocycles. The molecule has 0 aliphatic heterocycles. The molecular formula is C30H43N7O6. The van der Waals surface area contributed by atoms with Crippen LogP contribution < -0.4 is 27.8 Å². The molecule has 0 spiro atoms. The minimum absolute atomic E-state index is 0.0859. The van der Waals surface area contributed by atoms with Gasteiger partial charge < -0.3 is 42.6 Å². The molecule has 2 rings (SSSR count). The van der Waals surface area contributed by atoms with E-state index in [0.29, 0.717) is 6.42 Å². The Morgan fingerprint density at radius 3 is 2.14 bits per heavy atom. The number of esters is 1. The second-order valence-electron chi connectivity index (χ2n) is 9.90. The van der Waals surface area contributed by atoms with Crippen LogP contribution in [0.5, 0.6) is 5.75 Å². The number of hydrogen-bond acceptors (Lipinski definition) is 8. The molecule has 13 nitrogen and oxygen atoms in total. The number of likely N-dealkylation sites (N-methyl/N-ethyl adjacent to an activating group) is 1. The smallest absolute Gasteiger partial charge is 0.325 e. The van der Waals surface area contributed by atoms with Crippen molar-refractivity contribution in [1.82, 2.24) is 15.5 Å². The number of rotatable bonds is 17. The maximum atomic E-state index is 13.6. The number of guanidine groups is 1. The third-order valence-corrected chi connectivity index (χ3v) is 6.52. The quantitative estimate of drug-likeness (QED) is 0.0622. The van der Waals surface area contributed by atoms with Crippen LogP contribution in [0.2, 0.25) is 0 Å². The van der Waals surface area contributed by atoms with Gasteiger partial charge in [0.1, 0.15) is 24.4 Å². The van der Waals surface area contributed by atoms with E-state index in [0.717, 1.165) is 11.1 Å². The first-order valence-electron chi connectivity index (χ1n) is 14.2. The van der Waals surface area contributed by atoms with Crippen molar-refractivity contribution in [1.29, 1.82) is 0 Å². The van der Waals surface area contributed by atoms with Gasteiger partial charge >= 0.3 is 5.97 Å². The predicted molar refractivity (Wildman–Crippen MR) is 163 cm³/mol. The number of nitrogens with one attached hydrogen (secondary N) is 2. The molecule has 0 unspecified atom stereocenters. The van der Waals surface area contributed by atoms with E-state index in [1.807, 2.05) is 30.3 Å². The Hall–Kier alpha value is -4.65. The number of hydrogen-bond donors (Lipinski definition) is 6. The van der Waals surface area contributed by atoms with Crippen molar-refractivity contribution in [3.63, 3.8) is 0 Å². The second-order valence-corrected chi connectivity index (χ2v) is 9.90. The number of benzene rings is 2. The second kappa shape index (κ2) is 18.0. The van der Waals surface area contributed by atoms with Gasteiger partial charge in [-0.05, 0) is 56.4 Å². The molecule has 0 aliphatic carbocycles. The molecule has 2 aromatic rings. The van der Waals surface area contributed by atoms with Crippen LogP contribution in [0, 0.1) is 0 Å². The number of carbonyl (C=O) groups excluding carboxylic acids is 4. The molecule has 13 heteroatoms. The van der Waals surface area contributed by atoms with E-state index in [1.54, 1.807) is 26.0 Å². The maximum absolute atomic E-state index is 13.6. The first kappa shape index (κ1) is 34.6. The zero-order valence-electron chi connectivity index (χ0n) is 24.7. The third kappa shape index (κ3) is 12.4. The van der Waals surface area contributed by atoms with Gasteiger partial charge in [-0.1, -0.05) is 42.5 Å². The van der Waals surface area contributed by atoms with E-state index in [-0.39, 0.29) is 57.2 Å². The summed E-state index contributed by atoms with van der Waals surface area (Å²) in [4.78, 5) is 57.7. The number of phenols is 1. The lowest BCUT2D eigenvalue weighted by Crippen LogP contribution is -2.57. The summed E-state index contributed by atoms with van der Waals surface area (Å²) in [6, 6.07) is 12.3. The molecule has 3 atom stereocenters. The molecule has 2 aromatic carbocycles. The van der Waals surface area contributed by atoms with Crippen molar-refractivity contribution >= 4 is 29.7 Å². The number of nitrogens with two attached hydrogens (primary N) is 3. The maximum Gasteiger partial charge on any atom is 0.325 e. The SMILES string of the molecule is CCOC(=O)CN(CC)C(=O)[C@H](Cc1ccccc1)NC(=O)[C@H](CCCN=C(N)N)NC(=O)[C@@H](N)Cc1ccc(O)cc1. The van der Waals surface area contributed by atoms with Crippen LogP contribution in [0.4, 0.5) is 0 Å². The average Bonchev–Trinajstić information content (AvgIpc) is 2.98. The fraction of sp³-hybridized carbons (Fsp3) is 0.433. The van der Waals surface area contributed by atoms with Crippen LogP contribution in [0.3, 0.4) is 0 Å². The van der Waals surface area contributed by atoms with Crippen LogP contribution in [-0.2, 0) is 36.8 Å². The highest BCUT2D eigenvalue weighted by molar-refractivity contribution is 5.94. The summed E-state index contributed by atoms with van der Waals surface area (Å²) in [5.74, 6) is -2.22. The largest absolute Gasteiger partial charge is 0.508 e. The highest BCUT2D eigenvalue weighted by atomic mass is 16.5. The van der Waals surface area contributed by atoms with Crippen LogP contribution in [-0.4, -0.2) is 84.0 Å². The monoisotopic (exact) mass is 597 g/mol. The Morgan fingerprint density at radius 1 is 0.907 bits per heavy atom. The number of aromatic hydroxyl groups is 1. The summed E-state index contributed by atoms with van der Waals surface area (Å²) in [5, 5.41) is 15.0. The lowest BCUT2D eigenvalue weighted by atomic mass is 10.0. The highest BCUT2D eigenvalue weighted by Crippen LogP contribution is 2.12. The minimum Gasteiger partial charge on any atom is -0.508 e. The lowest BCUT2D eigenvalue weighted by molar-refractivity contribution is -0.149. The fourth-order valence-corrected chi connectivity index (χ4v) is 4.28. The third-order valence-electron chi connectivity index (χ3n) is 6.52. The normalized spacial score (nSPS) is 12.7. The van der Waals surface area contributed by atoms with E-state index >= 15 is 0 Å². The van der Waals surface area contributed by atoms with Crippen molar-refractivity contribution in [3.8, 4) is 5.75 Å². The molecule has 234 valence electrons. The van der Waals surface area contributed by atoms with Gasteiger partial charge in [-0.25, -0.2) is 0 Å². The first-order chi connectivity index (χ1) is 20.5. The van der Waals surface area contributed by atoms with Crippen LogP contribution >= 0.6 is 0 Å². The average molecular weight is 598 g/mol. The van der Waals surface area contributed by atoms with Crippen molar-refractivity contribution in [2.24, 2.45) is 22.2 Å². The number of nitrogens with zero attached hydrogens (tertiary/aromatic N) is 2. The number of aliphatic imine (C=N–C) groups is 1. The van der Waals surface area contributed by atoms with Gasteiger partial charge in [-0.3, -0.25) is 24.2 Å². The Labute approximate surface area is 251 Å². The van der Waals surface area contributed by atoms with Gasteiger partial charge in [0, 0.05) is 19.5 Å². The Kier molecular flexibility index (Phi) is 14.5. The number of phenolic OH excluding ortho intramolecular Hbond substituents is 1. The van der Waals surface area contributed by atoms with E-state index in [9.17, 15) is 24.3 Å². The van der Waals surface area contributed by atoms with E-state index in [4.69, 9.17) is 21.9 Å². The van der Waals surface area contributed by atoms with Crippen LogP contribution in [0.15, 0.2) is 59.6 Å². The zero-order valence-corrected chi connectivity index (χ0v) is 24.7. The summed E-state index contributed by atoms with van der Waals surface area (Å²) >= 11 is 0. The van der Waals surface area contributed by atoms with Gasteiger partial charge in [0.25, 0.3) is 0 Å². The van der Waals surface area contributed by atoms with Gasteiger partial charge in [0.05, 0.1) is 12.6 Å². The van der Waals surface area contributed by atoms with Gasteiger partial charge in [-0.2, -0.15) is 0 Å². The first-order valence-corrected chi connectivity index (χ1v) is 14.2. The summed E-state index contributed by atoms with van der Waals surface area (Å²) in [5.41, 5.74) is 18.5. The molecule has 0 aromatic heterocycles. The van der Waals surface area contributed by atoms with Gasteiger partial charge in [-0.15, -0.1) is 0 Å². The Balaban J connectivity index is 2.25. The van der Waals surface area contributed by atoms with E-state index in [1.165, 1.54) is 17.0 Å². The van der Waals surface area contributed by atoms with Gasteiger partial charge in [0.2, 0.25) is 17.7 Å². The molecule has 9 N–H and O–H groups in total. The summed E-state index contributed by atoms with van der Waals surface area (Å²) in [7, 11) is 0. The summed E-state index contributed by atoms with van der Waals surface area (Å²) in [6.07, 6.45) is 0.834. The molecule has 0 saturated carbocycles. The lowest BCUT2D eigenvalue weighted by Gasteiger charge is -2.28. The molecule has 0 radical (unpaired) electrons. The predicted octanol–water partition coefficient (Wildman–Crippen LogP) is -0.0605. The minimum atomic E-state index is -1.06.